The molecule has 3 heterocycles. The molecular weight excluding hydrogens is 322 g/mol. The van der Waals surface area contributed by atoms with Crippen LogP contribution in [0.4, 0.5) is 10.5 Å². The molecule has 1 saturated carbocycles. The van der Waals surface area contributed by atoms with E-state index in [1.54, 1.807) is 30.2 Å². The Balaban J connectivity index is 1.54. The van der Waals surface area contributed by atoms with Crippen LogP contribution in [0.5, 0.6) is 5.75 Å². The summed E-state index contributed by atoms with van der Waals surface area (Å²) in [4.78, 5) is 33.0. The number of hydrogen-bond acceptors (Lipinski definition) is 5. The highest BCUT2D eigenvalue weighted by Gasteiger charge is 2.59. The van der Waals surface area contributed by atoms with E-state index in [4.69, 9.17) is 9.15 Å². The number of nitrogens with zero attached hydrogens (tertiary/aromatic N) is 3. The van der Waals surface area contributed by atoms with Gasteiger partial charge in [-0.1, -0.05) is 0 Å². The van der Waals surface area contributed by atoms with E-state index in [9.17, 15) is 9.59 Å². The lowest BCUT2D eigenvalue weighted by molar-refractivity contribution is -0.120. The number of rotatable bonds is 3. The summed E-state index contributed by atoms with van der Waals surface area (Å²) < 4.78 is 10.5. The van der Waals surface area contributed by atoms with Gasteiger partial charge in [0.05, 0.1) is 12.8 Å². The molecule has 2 saturated heterocycles. The van der Waals surface area contributed by atoms with E-state index in [2.05, 4.69) is 4.98 Å². The van der Waals surface area contributed by atoms with Gasteiger partial charge in [-0.3, -0.25) is 4.79 Å². The summed E-state index contributed by atoms with van der Waals surface area (Å²) in [5, 5.41) is 0. The van der Waals surface area contributed by atoms with Gasteiger partial charge in [-0.25, -0.2) is 14.7 Å². The van der Waals surface area contributed by atoms with Crippen LogP contribution in [0.25, 0.3) is 11.3 Å². The number of oxazole rings is 1. The molecule has 7 nitrogen and oxygen atoms in total. The summed E-state index contributed by atoms with van der Waals surface area (Å²) in [6, 6.07) is 4.99. The molecule has 1 aromatic carbocycles. The van der Waals surface area contributed by atoms with Crippen LogP contribution in [0, 0.1) is 5.92 Å². The van der Waals surface area contributed by atoms with E-state index < -0.39 is 0 Å². The molecule has 2 bridgehead atoms. The van der Waals surface area contributed by atoms with Crippen molar-refractivity contribution in [3.63, 3.8) is 0 Å². The number of benzene rings is 1. The number of amides is 3. The number of carbonyl (C=O) groups is 2. The molecule has 2 aliphatic heterocycles. The van der Waals surface area contributed by atoms with Crippen molar-refractivity contribution < 1.29 is 18.7 Å². The number of urea groups is 1. The number of hydrogen-bond donors (Lipinski definition) is 0. The largest absolute Gasteiger partial charge is 0.496 e. The Labute approximate surface area is 144 Å². The van der Waals surface area contributed by atoms with Crippen LogP contribution in [-0.4, -0.2) is 41.0 Å². The van der Waals surface area contributed by atoms with Crippen LogP contribution in [0.15, 0.2) is 35.3 Å². The zero-order valence-corrected chi connectivity index (χ0v) is 13.7. The number of anilines is 1. The van der Waals surface area contributed by atoms with Crippen molar-refractivity contribution in [3.8, 4) is 17.0 Å². The van der Waals surface area contributed by atoms with E-state index in [-0.39, 0.29) is 24.0 Å². The minimum Gasteiger partial charge on any atom is -0.496 e. The molecule has 3 amide bonds. The average Bonchev–Trinajstić information content (AvgIpc) is 3.39. The molecule has 0 spiro atoms. The Morgan fingerprint density at radius 3 is 2.88 bits per heavy atom. The smallest absolute Gasteiger partial charge is 0.332 e. The minimum atomic E-state index is -0.285. The van der Waals surface area contributed by atoms with Gasteiger partial charge in [-0.15, -0.1) is 0 Å². The second-order valence-electron chi connectivity index (χ2n) is 6.79. The molecule has 25 heavy (non-hydrogen) atoms. The number of imide groups is 1. The van der Waals surface area contributed by atoms with Gasteiger partial charge < -0.3 is 14.1 Å². The molecular formula is C18H17N3O4. The van der Waals surface area contributed by atoms with Crippen molar-refractivity contribution in [1.82, 2.24) is 9.88 Å². The summed E-state index contributed by atoms with van der Waals surface area (Å²) in [5.74, 6) is 0.734. The second kappa shape index (κ2) is 5.08. The highest BCUT2D eigenvalue weighted by atomic mass is 16.5. The van der Waals surface area contributed by atoms with Gasteiger partial charge in [-0.05, 0) is 37.3 Å². The van der Waals surface area contributed by atoms with Crippen LogP contribution in [0.3, 0.4) is 0 Å². The normalized spacial score (nSPS) is 27.3. The molecule has 3 atom stereocenters. The molecule has 1 aromatic heterocycles. The topological polar surface area (TPSA) is 75.9 Å². The third kappa shape index (κ3) is 1.89. The summed E-state index contributed by atoms with van der Waals surface area (Å²) >= 11 is 0. The number of carbonyl (C=O) groups excluding carboxylic acids is 2. The Bertz CT molecular complexity index is 835. The van der Waals surface area contributed by atoms with E-state index in [1.165, 1.54) is 17.6 Å². The molecule has 0 N–H and O–H groups in total. The second-order valence-corrected chi connectivity index (χ2v) is 6.79. The van der Waals surface area contributed by atoms with E-state index >= 15 is 0 Å². The monoisotopic (exact) mass is 339 g/mol. The van der Waals surface area contributed by atoms with Crippen molar-refractivity contribution in [2.75, 3.05) is 12.0 Å². The van der Waals surface area contributed by atoms with Crippen LogP contribution < -0.4 is 9.64 Å². The Kier molecular flexibility index (Phi) is 2.95. The molecule has 1 aliphatic carbocycles. The van der Waals surface area contributed by atoms with Gasteiger partial charge in [0, 0.05) is 17.7 Å². The van der Waals surface area contributed by atoms with Crippen molar-refractivity contribution >= 4 is 17.6 Å². The minimum absolute atomic E-state index is 0.117. The zero-order valence-electron chi connectivity index (χ0n) is 13.7. The molecule has 0 unspecified atom stereocenters. The first kappa shape index (κ1) is 14.5. The third-order valence-electron chi connectivity index (χ3n) is 5.62. The van der Waals surface area contributed by atoms with Crippen molar-refractivity contribution in [3.05, 3.63) is 30.9 Å². The maximum atomic E-state index is 12.9. The Hall–Kier alpha value is -2.83. The van der Waals surface area contributed by atoms with Crippen molar-refractivity contribution in [2.45, 2.75) is 31.3 Å². The summed E-state index contributed by atoms with van der Waals surface area (Å²) in [7, 11) is 1.55. The fraction of sp³-hybridized carbons (Fsp3) is 0.389. The maximum absolute atomic E-state index is 12.9. The van der Waals surface area contributed by atoms with Gasteiger partial charge in [0.1, 0.15) is 23.7 Å². The number of ether oxygens (including phenoxy) is 1. The Morgan fingerprint density at radius 2 is 2.16 bits per heavy atom. The lowest BCUT2D eigenvalue weighted by atomic mass is 9.99. The molecule has 3 fully saturated rings. The first-order chi connectivity index (χ1) is 12.2. The summed E-state index contributed by atoms with van der Waals surface area (Å²) in [6.07, 6.45) is 5.87. The predicted octanol–water partition coefficient (Wildman–Crippen LogP) is 2.67. The number of methoxy groups -OCH3 is 1. The SMILES string of the molecule is COc1cc(N2C(=O)[C@@H]3[C@@H]4CC[C@@H](C4)N3C2=O)ccc1-c1cocn1. The lowest BCUT2D eigenvalue weighted by Gasteiger charge is -2.25. The van der Waals surface area contributed by atoms with E-state index in [1.807, 2.05) is 0 Å². The third-order valence-corrected chi connectivity index (χ3v) is 5.62. The maximum Gasteiger partial charge on any atom is 0.332 e. The molecule has 2 aromatic rings. The van der Waals surface area contributed by atoms with Crippen molar-refractivity contribution in [1.29, 1.82) is 0 Å². The standard InChI is InChI=1S/C18H17N3O4/c1-24-15-7-12(4-5-13(15)14-8-25-9-19-14)21-17(22)16-10-2-3-11(6-10)20(16)18(21)23/h4-5,7-11,16H,2-3,6H2,1H3/t10-,11+,16+/m1/s1. The number of aromatic nitrogens is 1. The van der Waals surface area contributed by atoms with E-state index in [0.29, 0.717) is 23.0 Å². The fourth-order valence-electron chi connectivity index (χ4n) is 4.54. The first-order valence-electron chi connectivity index (χ1n) is 8.42. The van der Waals surface area contributed by atoms with Gasteiger partial charge >= 0.3 is 6.03 Å². The van der Waals surface area contributed by atoms with Gasteiger partial charge in [-0.2, -0.15) is 0 Å². The predicted molar refractivity (Wildman–Crippen MR) is 88.1 cm³/mol. The molecule has 5 rings (SSSR count). The van der Waals surface area contributed by atoms with Crippen LogP contribution >= 0.6 is 0 Å². The fourth-order valence-corrected chi connectivity index (χ4v) is 4.54. The van der Waals surface area contributed by atoms with Crippen molar-refractivity contribution in [2.24, 2.45) is 5.92 Å². The molecule has 7 heteroatoms. The molecule has 0 radical (unpaired) electrons. The summed E-state index contributed by atoms with van der Waals surface area (Å²) in [6.45, 7) is 0. The van der Waals surface area contributed by atoms with Gasteiger partial charge in [0.15, 0.2) is 6.39 Å². The number of piperidine rings is 1. The van der Waals surface area contributed by atoms with Crippen LogP contribution in [-0.2, 0) is 4.79 Å². The highest BCUT2D eigenvalue weighted by molar-refractivity contribution is 6.22. The lowest BCUT2D eigenvalue weighted by Crippen LogP contribution is -2.40. The average molecular weight is 339 g/mol. The van der Waals surface area contributed by atoms with E-state index in [0.717, 1.165) is 24.8 Å². The molecule has 3 aliphatic rings. The molecule has 128 valence electrons. The van der Waals surface area contributed by atoms with Crippen LogP contribution in [0.2, 0.25) is 0 Å². The van der Waals surface area contributed by atoms with Gasteiger partial charge in [0.25, 0.3) is 5.91 Å². The first-order valence-corrected chi connectivity index (χ1v) is 8.42. The van der Waals surface area contributed by atoms with Crippen LogP contribution in [0.1, 0.15) is 19.3 Å². The highest BCUT2D eigenvalue weighted by Crippen LogP contribution is 2.47. The summed E-state index contributed by atoms with van der Waals surface area (Å²) in [5.41, 5.74) is 1.92. The Morgan fingerprint density at radius 1 is 1.28 bits per heavy atom. The number of fused-ring (bicyclic) bond motifs is 5. The quantitative estimate of drug-likeness (QED) is 0.804. The van der Waals surface area contributed by atoms with Gasteiger partial charge in [0.2, 0.25) is 0 Å². The zero-order chi connectivity index (χ0) is 17.1.